The van der Waals surface area contributed by atoms with Gasteiger partial charge >= 0.3 is 11.9 Å². The van der Waals surface area contributed by atoms with Crippen LogP contribution in [0.25, 0.3) is 0 Å². The maximum absolute atomic E-state index is 13.2. The van der Waals surface area contributed by atoms with Crippen molar-refractivity contribution in [1.82, 2.24) is 25.9 Å². The molecule has 11 N–H and O–H groups in total. The van der Waals surface area contributed by atoms with Crippen molar-refractivity contribution in [2.75, 3.05) is 0 Å². The first kappa shape index (κ1) is 31.2. The molecule has 16 nitrogen and oxygen atoms in total. The van der Waals surface area contributed by atoms with Gasteiger partial charge in [0, 0.05) is 31.2 Å². The molecule has 0 bridgehead atoms. The number of amides is 4. The Morgan fingerprint density at radius 2 is 1.48 bits per heavy atom. The lowest BCUT2D eigenvalue weighted by atomic mass is 10.0. The van der Waals surface area contributed by atoms with Gasteiger partial charge in [0.2, 0.25) is 23.6 Å². The minimum absolute atomic E-state index is 0.0530. The smallest absolute Gasteiger partial charge is 0.326 e. The quantitative estimate of drug-likeness (QED) is 0.103. The molecule has 0 aliphatic rings. The molecule has 16 heteroatoms. The number of nitrogens with zero attached hydrogens (tertiary/aromatic N) is 1. The van der Waals surface area contributed by atoms with Gasteiger partial charge in [-0.1, -0.05) is 12.1 Å². The average molecular weight is 562 g/mol. The zero-order chi connectivity index (χ0) is 29.8. The van der Waals surface area contributed by atoms with Gasteiger partial charge in [-0.05, 0) is 24.1 Å². The van der Waals surface area contributed by atoms with Crippen LogP contribution in [-0.2, 0) is 41.6 Å². The first-order valence-electron chi connectivity index (χ1n) is 12.0. The van der Waals surface area contributed by atoms with Gasteiger partial charge in [0.25, 0.3) is 0 Å². The van der Waals surface area contributed by atoms with E-state index in [4.69, 9.17) is 16.6 Å². The molecule has 40 heavy (non-hydrogen) atoms. The Hall–Kier alpha value is -4.99. The molecular weight excluding hydrogens is 530 g/mol. The number of carbonyl (C=O) groups is 6. The lowest BCUT2D eigenvalue weighted by Gasteiger charge is -2.25. The van der Waals surface area contributed by atoms with Crippen LogP contribution >= 0.6 is 0 Å². The predicted molar refractivity (Wildman–Crippen MR) is 136 cm³/mol. The maximum Gasteiger partial charge on any atom is 0.326 e. The zero-order valence-electron chi connectivity index (χ0n) is 21.2. The number of H-pyrrole nitrogens is 1. The number of hydrogen-bond acceptors (Lipinski definition) is 9. The van der Waals surface area contributed by atoms with Gasteiger partial charge < -0.3 is 47.7 Å². The standard InChI is InChI=1S/C24H31N7O9/c25-15(5-6-20(34)35)21(36)29-17(9-19(26)33)23(38)30-16(7-12-1-3-14(32)4-2-12)22(37)31-18(24(39)40)8-13-10-27-11-28-13/h1-4,10-11,15-18,32H,5-9,25H2,(H2,26,33)(H,27,28)(H,29,36)(H,30,38)(H,31,37)(H,34,35)(H,39,40). The van der Waals surface area contributed by atoms with E-state index in [0.29, 0.717) is 11.3 Å². The van der Waals surface area contributed by atoms with Crippen molar-refractivity contribution in [2.24, 2.45) is 11.5 Å². The lowest BCUT2D eigenvalue weighted by Crippen LogP contribution is -2.58. The van der Waals surface area contributed by atoms with Crippen LogP contribution in [0.4, 0.5) is 0 Å². The highest BCUT2D eigenvalue weighted by molar-refractivity contribution is 5.96. The minimum atomic E-state index is -1.57. The molecule has 0 aliphatic heterocycles. The summed E-state index contributed by atoms with van der Waals surface area (Å²) in [4.78, 5) is 79.4. The number of hydrogen-bond donors (Lipinski definition) is 9. The molecule has 2 aromatic rings. The Kier molecular flexibility index (Phi) is 11.6. The van der Waals surface area contributed by atoms with Crippen molar-refractivity contribution in [3.05, 3.63) is 48.0 Å². The summed E-state index contributed by atoms with van der Waals surface area (Å²) in [6.45, 7) is 0. The van der Waals surface area contributed by atoms with Crippen LogP contribution in [0.2, 0.25) is 0 Å². The van der Waals surface area contributed by atoms with Crippen LogP contribution in [0.1, 0.15) is 30.5 Å². The summed E-state index contributed by atoms with van der Waals surface area (Å²) in [5.74, 6) is -6.38. The van der Waals surface area contributed by atoms with Gasteiger partial charge in [-0.2, -0.15) is 0 Å². The second-order valence-electron chi connectivity index (χ2n) is 8.88. The number of aliphatic carboxylic acids is 2. The molecule has 0 spiro atoms. The fraction of sp³-hybridized carbons (Fsp3) is 0.375. The minimum Gasteiger partial charge on any atom is -0.508 e. The SMILES string of the molecule is NC(=O)CC(NC(=O)C(N)CCC(=O)O)C(=O)NC(Cc1ccc(O)cc1)C(=O)NC(Cc1cnc[nH]1)C(=O)O. The Bertz CT molecular complexity index is 1200. The number of imidazole rings is 1. The summed E-state index contributed by atoms with van der Waals surface area (Å²) in [5.41, 5.74) is 11.8. The van der Waals surface area contributed by atoms with E-state index < -0.39 is 72.6 Å². The summed E-state index contributed by atoms with van der Waals surface area (Å²) < 4.78 is 0. The highest BCUT2D eigenvalue weighted by Gasteiger charge is 2.31. The van der Waals surface area contributed by atoms with Crippen LogP contribution in [0, 0.1) is 0 Å². The molecule has 1 aromatic heterocycles. The van der Waals surface area contributed by atoms with Crippen molar-refractivity contribution in [1.29, 1.82) is 0 Å². The molecule has 4 atom stereocenters. The van der Waals surface area contributed by atoms with Gasteiger partial charge in [-0.25, -0.2) is 9.78 Å². The molecule has 0 aliphatic carbocycles. The molecule has 216 valence electrons. The Labute approximate surface area is 227 Å². The van der Waals surface area contributed by atoms with E-state index in [2.05, 4.69) is 25.9 Å². The lowest BCUT2D eigenvalue weighted by molar-refractivity contribution is -0.142. The maximum atomic E-state index is 13.2. The Morgan fingerprint density at radius 3 is 2.02 bits per heavy atom. The molecule has 4 unspecified atom stereocenters. The number of rotatable bonds is 16. The average Bonchev–Trinajstić information content (AvgIpc) is 3.40. The fourth-order valence-corrected chi connectivity index (χ4v) is 3.54. The number of phenolic OH excluding ortho intramolecular Hbond substituents is 1. The molecule has 0 saturated carbocycles. The fourth-order valence-electron chi connectivity index (χ4n) is 3.54. The van der Waals surface area contributed by atoms with Crippen LogP contribution in [0.15, 0.2) is 36.8 Å². The molecule has 4 amide bonds. The van der Waals surface area contributed by atoms with E-state index in [1.54, 1.807) is 0 Å². The first-order valence-corrected chi connectivity index (χ1v) is 12.0. The summed E-state index contributed by atoms with van der Waals surface area (Å²) in [6, 6.07) is -0.0337. The largest absolute Gasteiger partial charge is 0.508 e. The second kappa shape index (κ2) is 14.8. The van der Waals surface area contributed by atoms with Crippen molar-refractivity contribution in [2.45, 2.75) is 56.3 Å². The summed E-state index contributed by atoms with van der Waals surface area (Å²) in [5, 5.41) is 34.9. The normalized spacial score (nSPS) is 13.7. The van der Waals surface area contributed by atoms with Crippen LogP contribution in [0.5, 0.6) is 5.75 Å². The molecule has 2 rings (SSSR count). The predicted octanol–water partition coefficient (Wildman–Crippen LogP) is -2.49. The number of nitrogens with one attached hydrogen (secondary N) is 4. The van der Waals surface area contributed by atoms with Gasteiger partial charge in [-0.3, -0.25) is 24.0 Å². The van der Waals surface area contributed by atoms with E-state index >= 15 is 0 Å². The number of carboxylic acids is 2. The van der Waals surface area contributed by atoms with E-state index in [1.165, 1.54) is 36.8 Å². The number of primary amides is 1. The van der Waals surface area contributed by atoms with E-state index in [9.17, 15) is 39.0 Å². The topological polar surface area (TPSA) is 280 Å². The van der Waals surface area contributed by atoms with Crippen molar-refractivity contribution < 1.29 is 44.1 Å². The number of aromatic amines is 1. The number of aromatic hydroxyl groups is 1. The van der Waals surface area contributed by atoms with Gasteiger partial charge in [-0.15, -0.1) is 0 Å². The number of carbonyl (C=O) groups excluding carboxylic acids is 4. The van der Waals surface area contributed by atoms with E-state index in [-0.39, 0.29) is 25.0 Å². The summed E-state index contributed by atoms with van der Waals surface area (Å²) in [6.07, 6.45) is 1.08. The van der Waals surface area contributed by atoms with Crippen LogP contribution < -0.4 is 27.4 Å². The van der Waals surface area contributed by atoms with E-state index in [1.807, 2.05) is 0 Å². The third-order valence-corrected chi connectivity index (χ3v) is 5.65. The number of phenols is 1. The van der Waals surface area contributed by atoms with E-state index in [0.717, 1.165) is 0 Å². The zero-order valence-corrected chi connectivity index (χ0v) is 21.2. The third-order valence-electron chi connectivity index (χ3n) is 5.65. The van der Waals surface area contributed by atoms with Gasteiger partial charge in [0.05, 0.1) is 18.8 Å². The molecule has 0 radical (unpaired) electrons. The van der Waals surface area contributed by atoms with Crippen molar-refractivity contribution in [3.8, 4) is 5.75 Å². The molecule has 0 saturated heterocycles. The van der Waals surface area contributed by atoms with Crippen molar-refractivity contribution in [3.63, 3.8) is 0 Å². The molecule has 1 aromatic carbocycles. The number of aromatic nitrogens is 2. The highest BCUT2D eigenvalue weighted by Crippen LogP contribution is 2.12. The Balaban J connectivity index is 2.24. The van der Waals surface area contributed by atoms with Crippen LogP contribution in [-0.4, -0.2) is 85.0 Å². The second-order valence-corrected chi connectivity index (χ2v) is 8.88. The monoisotopic (exact) mass is 561 g/mol. The summed E-state index contributed by atoms with van der Waals surface area (Å²) in [7, 11) is 0. The third kappa shape index (κ3) is 10.4. The van der Waals surface area contributed by atoms with Crippen LogP contribution in [0.3, 0.4) is 0 Å². The van der Waals surface area contributed by atoms with Gasteiger partial charge in [0.15, 0.2) is 0 Å². The van der Waals surface area contributed by atoms with Gasteiger partial charge in [0.1, 0.15) is 23.9 Å². The molecule has 1 heterocycles. The molecule has 0 fully saturated rings. The highest BCUT2D eigenvalue weighted by atomic mass is 16.4. The molecular formula is C24H31N7O9. The first-order chi connectivity index (χ1) is 18.8. The number of nitrogens with two attached hydrogens (primary N) is 2. The summed E-state index contributed by atoms with van der Waals surface area (Å²) >= 11 is 0. The number of benzene rings is 1. The Morgan fingerprint density at radius 1 is 0.875 bits per heavy atom. The van der Waals surface area contributed by atoms with Crippen molar-refractivity contribution >= 4 is 35.6 Å². The number of carboxylic acid groups (broad SMARTS) is 2.